The Morgan fingerprint density at radius 1 is 0.931 bits per heavy atom. The highest BCUT2D eigenvalue weighted by Gasteiger charge is 2.21. The molecule has 0 atom stereocenters. The van der Waals surface area contributed by atoms with Crippen molar-refractivity contribution in [2.24, 2.45) is 0 Å². The first kappa shape index (κ1) is 20.5. The molecular formula is C22H27N3O4. The topological polar surface area (TPSA) is 71.1 Å². The lowest BCUT2D eigenvalue weighted by Crippen LogP contribution is -2.50. The van der Waals surface area contributed by atoms with Crippen molar-refractivity contribution in [2.45, 2.75) is 20.0 Å². The van der Waals surface area contributed by atoms with Gasteiger partial charge in [0, 0.05) is 37.6 Å². The summed E-state index contributed by atoms with van der Waals surface area (Å²) < 4.78 is 10.4. The molecule has 29 heavy (non-hydrogen) atoms. The average Bonchev–Trinajstić information content (AvgIpc) is 2.74. The van der Waals surface area contributed by atoms with Crippen molar-refractivity contribution < 1.29 is 19.1 Å². The summed E-state index contributed by atoms with van der Waals surface area (Å²) in [6, 6.07) is 14.6. The van der Waals surface area contributed by atoms with Crippen molar-refractivity contribution in [1.29, 1.82) is 0 Å². The molecule has 1 N–H and O–H groups in total. The Morgan fingerprint density at radius 2 is 1.55 bits per heavy atom. The average molecular weight is 397 g/mol. The van der Waals surface area contributed by atoms with Gasteiger partial charge in [0.25, 0.3) is 0 Å². The molecule has 1 saturated heterocycles. The van der Waals surface area contributed by atoms with Gasteiger partial charge in [-0.1, -0.05) is 0 Å². The van der Waals surface area contributed by atoms with Gasteiger partial charge in [0.1, 0.15) is 5.75 Å². The molecule has 1 aliphatic rings. The zero-order valence-electron chi connectivity index (χ0n) is 17.1. The number of esters is 1. The highest BCUT2D eigenvalue weighted by molar-refractivity contribution is 5.92. The van der Waals surface area contributed by atoms with E-state index < -0.39 is 5.97 Å². The maximum atomic E-state index is 12.5. The van der Waals surface area contributed by atoms with Gasteiger partial charge in [-0.15, -0.1) is 0 Å². The van der Waals surface area contributed by atoms with Gasteiger partial charge in [0.05, 0.1) is 18.8 Å². The molecule has 0 aromatic heterocycles. The van der Waals surface area contributed by atoms with Gasteiger partial charge < -0.3 is 24.6 Å². The molecule has 2 amide bonds. The molecule has 2 aromatic rings. The molecule has 154 valence electrons. The second kappa shape index (κ2) is 9.32. The first-order valence-electron chi connectivity index (χ1n) is 9.72. The van der Waals surface area contributed by atoms with Crippen LogP contribution in [0.15, 0.2) is 48.5 Å². The summed E-state index contributed by atoms with van der Waals surface area (Å²) in [4.78, 5) is 28.0. The highest BCUT2D eigenvalue weighted by atomic mass is 16.5. The maximum absolute atomic E-state index is 12.5. The van der Waals surface area contributed by atoms with E-state index in [0.717, 1.165) is 24.5 Å². The fourth-order valence-corrected chi connectivity index (χ4v) is 3.19. The Hall–Kier alpha value is -3.22. The summed E-state index contributed by atoms with van der Waals surface area (Å²) >= 11 is 0. The molecule has 3 rings (SSSR count). The number of anilines is 2. The number of urea groups is 1. The van der Waals surface area contributed by atoms with Crippen LogP contribution in [0.3, 0.4) is 0 Å². The number of piperazine rings is 1. The smallest absolute Gasteiger partial charge is 0.337 e. The summed E-state index contributed by atoms with van der Waals surface area (Å²) in [6.45, 7) is 6.81. The number of nitrogens with zero attached hydrogens (tertiary/aromatic N) is 2. The Balaban J connectivity index is 1.51. The van der Waals surface area contributed by atoms with E-state index in [1.54, 1.807) is 29.2 Å². The quantitative estimate of drug-likeness (QED) is 0.781. The van der Waals surface area contributed by atoms with Gasteiger partial charge in [0.2, 0.25) is 0 Å². The summed E-state index contributed by atoms with van der Waals surface area (Å²) in [5, 5.41) is 2.88. The number of hydrogen-bond acceptors (Lipinski definition) is 5. The summed E-state index contributed by atoms with van der Waals surface area (Å²) in [7, 11) is 1.34. The third-order valence-corrected chi connectivity index (χ3v) is 4.70. The van der Waals surface area contributed by atoms with Crippen LogP contribution in [0.25, 0.3) is 0 Å². The largest absolute Gasteiger partial charge is 0.491 e. The van der Waals surface area contributed by atoms with Crippen molar-refractivity contribution in [2.75, 3.05) is 43.5 Å². The highest BCUT2D eigenvalue weighted by Crippen LogP contribution is 2.22. The van der Waals surface area contributed by atoms with Crippen molar-refractivity contribution in [3.8, 4) is 5.75 Å². The fourth-order valence-electron chi connectivity index (χ4n) is 3.19. The predicted molar refractivity (Wildman–Crippen MR) is 113 cm³/mol. The van der Waals surface area contributed by atoms with Gasteiger partial charge in [-0.2, -0.15) is 0 Å². The molecule has 7 nitrogen and oxygen atoms in total. The molecule has 0 saturated carbocycles. The van der Waals surface area contributed by atoms with Gasteiger partial charge in [-0.25, -0.2) is 9.59 Å². The minimum Gasteiger partial charge on any atom is -0.491 e. The number of benzene rings is 2. The summed E-state index contributed by atoms with van der Waals surface area (Å²) in [5.74, 6) is 0.461. The molecule has 2 aromatic carbocycles. The zero-order valence-corrected chi connectivity index (χ0v) is 17.1. The third-order valence-electron chi connectivity index (χ3n) is 4.70. The maximum Gasteiger partial charge on any atom is 0.337 e. The number of rotatable bonds is 5. The fraction of sp³-hybridized carbons (Fsp3) is 0.364. The second-order valence-corrected chi connectivity index (χ2v) is 7.13. The molecule has 7 heteroatoms. The van der Waals surface area contributed by atoms with E-state index in [-0.39, 0.29) is 12.1 Å². The second-order valence-electron chi connectivity index (χ2n) is 7.13. The number of carbonyl (C=O) groups excluding carboxylic acids is 2. The van der Waals surface area contributed by atoms with Crippen LogP contribution in [0.5, 0.6) is 5.75 Å². The summed E-state index contributed by atoms with van der Waals surface area (Å²) in [6.07, 6.45) is 0.152. The standard InChI is InChI=1S/C22H27N3O4/c1-16(2)29-20-10-8-19(9-11-20)24-12-14-25(15-13-24)22(27)23-18-6-4-17(5-7-18)21(26)28-3/h4-11,16H,12-15H2,1-3H3,(H,23,27). The molecule has 0 aliphatic carbocycles. The lowest BCUT2D eigenvalue weighted by Gasteiger charge is -2.36. The van der Waals surface area contributed by atoms with Crippen molar-refractivity contribution >= 4 is 23.4 Å². The number of ether oxygens (including phenoxy) is 2. The monoisotopic (exact) mass is 397 g/mol. The zero-order chi connectivity index (χ0) is 20.8. The van der Waals surface area contributed by atoms with E-state index in [2.05, 4.69) is 27.1 Å². The van der Waals surface area contributed by atoms with Gasteiger partial charge in [0.15, 0.2) is 0 Å². The Bertz CT molecular complexity index is 826. The van der Waals surface area contributed by atoms with E-state index in [1.165, 1.54) is 7.11 Å². The van der Waals surface area contributed by atoms with E-state index in [9.17, 15) is 9.59 Å². The first-order valence-corrected chi connectivity index (χ1v) is 9.72. The number of methoxy groups -OCH3 is 1. The Labute approximate surface area is 171 Å². The Kier molecular flexibility index (Phi) is 6.59. The van der Waals surface area contributed by atoms with E-state index in [1.807, 2.05) is 26.0 Å². The van der Waals surface area contributed by atoms with Crippen LogP contribution in [0.1, 0.15) is 24.2 Å². The molecule has 0 spiro atoms. The lowest BCUT2D eigenvalue weighted by atomic mass is 10.2. The van der Waals surface area contributed by atoms with Gasteiger partial charge in [-0.05, 0) is 62.4 Å². The van der Waals surface area contributed by atoms with E-state index in [0.29, 0.717) is 24.3 Å². The molecular weight excluding hydrogens is 370 g/mol. The van der Waals surface area contributed by atoms with Gasteiger partial charge in [-0.3, -0.25) is 0 Å². The van der Waals surface area contributed by atoms with Gasteiger partial charge >= 0.3 is 12.0 Å². The minimum absolute atomic E-state index is 0.142. The Morgan fingerprint density at radius 3 is 2.10 bits per heavy atom. The molecule has 1 aliphatic heterocycles. The van der Waals surface area contributed by atoms with Crippen LogP contribution in [-0.2, 0) is 4.74 Å². The van der Waals surface area contributed by atoms with Crippen LogP contribution in [0.4, 0.5) is 16.2 Å². The van der Waals surface area contributed by atoms with E-state index in [4.69, 9.17) is 4.74 Å². The van der Waals surface area contributed by atoms with Crippen LogP contribution in [0, 0.1) is 0 Å². The SMILES string of the molecule is COC(=O)c1ccc(NC(=O)N2CCN(c3ccc(OC(C)C)cc3)CC2)cc1. The minimum atomic E-state index is -0.400. The van der Waals surface area contributed by atoms with Crippen LogP contribution >= 0.6 is 0 Å². The van der Waals surface area contributed by atoms with E-state index >= 15 is 0 Å². The van der Waals surface area contributed by atoms with Crippen molar-refractivity contribution in [3.63, 3.8) is 0 Å². The lowest BCUT2D eigenvalue weighted by molar-refractivity contribution is 0.0600. The number of carbonyl (C=O) groups is 2. The number of amides is 2. The molecule has 0 bridgehead atoms. The van der Waals surface area contributed by atoms with Crippen molar-refractivity contribution in [1.82, 2.24) is 4.90 Å². The molecule has 1 heterocycles. The molecule has 0 unspecified atom stereocenters. The normalized spacial score (nSPS) is 13.9. The number of nitrogens with one attached hydrogen (secondary N) is 1. The number of hydrogen-bond donors (Lipinski definition) is 1. The molecule has 1 fully saturated rings. The van der Waals surface area contributed by atoms with Crippen LogP contribution in [0.2, 0.25) is 0 Å². The summed E-state index contributed by atoms with van der Waals surface area (Å²) in [5.41, 5.74) is 2.22. The third kappa shape index (κ3) is 5.40. The van der Waals surface area contributed by atoms with Crippen LogP contribution < -0.4 is 15.0 Å². The van der Waals surface area contributed by atoms with Crippen LogP contribution in [-0.4, -0.2) is 56.3 Å². The van der Waals surface area contributed by atoms with Crippen molar-refractivity contribution in [3.05, 3.63) is 54.1 Å². The first-order chi connectivity index (χ1) is 14.0. The predicted octanol–water partition coefficient (Wildman–Crippen LogP) is 3.61. The molecule has 0 radical (unpaired) electrons.